The molecule has 0 bridgehead atoms. The van der Waals surface area contributed by atoms with Gasteiger partial charge >= 0.3 is 0 Å². The molecule has 0 radical (unpaired) electrons. The second-order valence-electron chi connectivity index (χ2n) is 6.35. The van der Waals surface area contributed by atoms with Crippen LogP contribution in [0.25, 0.3) is 0 Å². The van der Waals surface area contributed by atoms with E-state index in [9.17, 15) is 5.26 Å². The Labute approximate surface area is 138 Å². The predicted molar refractivity (Wildman–Crippen MR) is 91.3 cm³/mol. The van der Waals surface area contributed by atoms with Gasteiger partial charge in [-0.3, -0.25) is 4.90 Å². The van der Waals surface area contributed by atoms with Gasteiger partial charge < -0.3 is 4.90 Å². The highest BCUT2D eigenvalue weighted by Gasteiger charge is 2.28. The summed E-state index contributed by atoms with van der Waals surface area (Å²) < 4.78 is 0. The number of halogens is 1. The van der Waals surface area contributed by atoms with Crippen molar-refractivity contribution >= 4 is 17.3 Å². The molecule has 1 aromatic rings. The smallest absolute Gasteiger partial charge is 0.127 e. The molecular weight excluding hydrogens is 294 g/mol. The van der Waals surface area contributed by atoms with Crippen molar-refractivity contribution in [2.75, 3.05) is 31.1 Å². The highest BCUT2D eigenvalue weighted by molar-refractivity contribution is 6.31. The van der Waals surface area contributed by atoms with Gasteiger partial charge in [0.25, 0.3) is 0 Å². The summed E-state index contributed by atoms with van der Waals surface area (Å²) in [7, 11) is 0. The lowest BCUT2D eigenvalue weighted by Gasteiger charge is -2.36. The zero-order valence-corrected chi connectivity index (χ0v) is 13.9. The van der Waals surface area contributed by atoms with Crippen LogP contribution in [0.15, 0.2) is 18.2 Å². The molecule has 0 aromatic heterocycles. The summed E-state index contributed by atoms with van der Waals surface area (Å²) in [6.07, 6.45) is 7.40. The molecule has 0 amide bonds. The first-order valence-corrected chi connectivity index (χ1v) is 8.86. The lowest BCUT2D eigenvalue weighted by atomic mass is 9.99. The van der Waals surface area contributed by atoms with Crippen LogP contribution in [0.4, 0.5) is 5.69 Å². The van der Waals surface area contributed by atoms with E-state index in [4.69, 9.17) is 11.6 Å². The summed E-state index contributed by atoms with van der Waals surface area (Å²) in [5, 5.41) is 10.5. The van der Waals surface area contributed by atoms with E-state index in [0.717, 1.165) is 36.8 Å². The number of rotatable bonds is 3. The molecule has 22 heavy (non-hydrogen) atoms. The number of nitriles is 1. The number of piperidine rings is 2. The number of likely N-dealkylation sites (tertiary alicyclic amines) is 1. The van der Waals surface area contributed by atoms with E-state index < -0.39 is 0 Å². The molecule has 0 saturated carbocycles. The lowest BCUT2D eigenvalue weighted by molar-refractivity contribution is 0.196. The topological polar surface area (TPSA) is 30.3 Å². The Bertz CT molecular complexity index is 540. The van der Waals surface area contributed by atoms with E-state index in [0.29, 0.717) is 0 Å². The molecule has 4 heteroatoms. The van der Waals surface area contributed by atoms with Crippen molar-refractivity contribution in [3.05, 3.63) is 28.8 Å². The van der Waals surface area contributed by atoms with E-state index >= 15 is 0 Å². The minimum Gasteiger partial charge on any atom is -0.371 e. The van der Waals surface area contributed by atoms with Crippen molar-refractivity contribution in [3.8, 4) is 6.07 Å². The van der Waals surface area contributed by atoms with Crippen molar-refractivity contribution in [2.45, 2.75) is 44.6 Å². The van der Waals surface area contributed by atoms with Crippen molar-refractivity contribution in [2.24, 2.45) is 0 Å². The second kappa shape index (κ2) is 7.35. The van der Waals surface area contributed by atoms with E-state index in [1.165, 1.54) is 44.2 Å². The maximum absolute atomic E-state index is 9.81. The Morgan fingerprint density at radius 3 is 2.23 bits per heavy atom. The summed E-state index contributed by atoms with van der Waals surface area (Å²) in [6.45, 7) is 4.16. The number of hydrogen-bond donors (Lipinski definition) is 0. The normalized spacial score (nSPS) is 21.4. The summed E-state index contributed by atoms with van der Waals surface area (Å²) in [6, 6.07) is 8.39. The van der Waals surface area contributed by atoms with Gasteiger partial charge in [0.05, 0.1) is 6.07 Å². The molecule has 0 N–H and O–H groups in total. The van der Waals surface area contributed by atoms with E-state index in [-0.39, 0.29) is 6.04 Å². The SMILES string of the molecule is N#CC(c1c(Cl)cccc1N1CCCCC1)N1CCCCC1. The molecule has 0 aliphatic carbocycles. The molecule has 2 saturated heterocycles. The highest BCUT2D eigenvalue weighted by atomic mass is 35.5. The van der Waals surface area contributed by atoms with Gasteiger partial charge in [-0.2, -0.15) is 5.26 Å². The summed E-state index contributed by atoms with van der Waals surface area (Å²) in [4.78, 5) is 4.72. The van der Waals surface area contributed by atoms with Gasteiger partial charge in [-0.15, -0.1) is 0 Å². The second-order valence-corrected chi connectivity index (χ2v) is 6.76. The van der Waals surface area contributed by atoms with Crippen molar-refractivity contribution in [1.29, 1.82) is 5.26 Å². The van der Waals surface area contributed by atoms with Gasteiger partial charge in [-0.05, 0) is 57.3 Å². The fraction of sp³-hybridized carbons (Fsp3) is 0.611. The van der Waals surface area contributed by atoms with Gasteiger partial charge in [-0.25, -0.2) is 0 Å². The fourth-order valence-electron chi connectivity index (χ4n) is 3.71. The van der Waals surface area contributed by atoms with Crippen LogP contribution in [0, 0.1) is 11.3 Å². The average molecular weight is 318 g/mol. The third-order valence-corrected chi connectivity index (χ3v) is 5.21. The number of nitrogens with zero attached hydrogens (tertiary/aromatic N) is 3. The van der Waals surface area contributed by atoms with Crippen LogP contribution >= 0.6 is 11.6 Å². The Balaban J connectivity index is 1.94. The summed E-state index contributed by atoms with van der Waals surface area (Å²) in [5.41, 5.74) is 2.19. The van der Waals surface area contributed by atoms with Crippen LogP contribution in [0.1, 0.15) is 50.1 Å². The first-order valence-electron chi connectivity index (χ1n) is 8.48. The van der Waals surface area contributed by atoms with Crippen LogP contribution in [-0.2, 0) is 0 Å². The van der Waals surface area contributed by atoms with Gasteiger partial charge in [0.15, 0.2) is 0 Å². The number of anilines is 1. The van der Waals surface area contributed by atoms with E-state index in [1.54, 1.807) is 0 Å². The zero-order valence-electron chi connectivity index (χ0n) is 13.1. The monoisotopic (exact) mass is 317 g/mol. The van der Waals surface area contributed by atoms with Crippen molar-refractivity contribution in [3.63, 3.8) is 0 Å². The molecule has 3 nitrogen and oxygen atoms in total. The largest absolute Gasteiger partial charge is 0.371 e. The van der Waals surface area contributed by atoms with Crippen molar-refractivity contribution < 1.29 is 0 Å². The number of hydrogen-bond acceptors (Lipinski definition) is 3. The van der Waals surface area contributed by atoms with Crippen LogP contribution in [0.5, 0.6) is 0 Å². The molecular formula is C18H24ClN3. The third kappa shape index (κ3) is 3.24. The molecule has 3 rings (SSSR count). The fourth-order valence-corrected chi connectivity index (χ4v) is 3.99. The average Bonchev–Trinajstić information content (AvgIpc) is 2.59. The quantitative estimate of drug-likeness (QED) is 0.828. The van der Waals surface area contributed by atoms with E-state index in [1.807, 2.05) is 12.1 Å². The first kappa shape index (κ1) is 15.6. The molecule has 118 valence electrons. The molecule has 1 atom stereocenters. The maximum Gasteiger partial charge on any atom is 0.127 e. The lowest BCUT2D eigenvalue weighted by Crippen LogP contribution is -2.35. The van der Waals surface area contributed by atoms with Gasteiger partial charge in [0.2, 0.25) is 0 Å². The minimum absolute atomic E-state index is 0.217. The maximum atomic E-state index is 9.81. The molecule has 2 heterocycles. The van der Waals surface area contributed by atoms with Gasteiger partial charge in [0.1, 0.15) is 6.04 Å². The third-order valence-electron chi connectivity index (χ3n) is 4.88. The highest BCUT2D eigenvalue weighted by Crippen LogP contribution is 2.37. The molecule has 2 aliphatic heterocycles. The molecule has 1 unspecified atom stereocenters. The molecule has 2 aliphatic rings. The summed E-state index contributed by atoms with van der Waals surface area (Å²) >= 11 is 6.54. The summed E-state index contributed by atoms with van der Waals surface area (Å²) in [5.74, 6) is 0. The Morgan fingerprint density at radius 2 is 1.59 bits per heavy atom. The minimum atomic E-state index is -0.217. The Hall–Kier alpha value is -1.24. The van der Waals surface area contributed by atoms with Gasteiger partial charge in [0, 0.05) is 29.4 Å². The Kier molecular flexibility index (Phi) is 5.23. The van der Waals surface area contributed by atoms with E-state index in [2.05, 4.69) is 21.9 Å². The van der Waals surface area contributed by atoms with Crippen LogP contribution < -0.4 is 4.90 Å². The first-order chi connectivity index (χ1) is 10.8. The zero-order chi connectivity index (χ0) is 15.4. The Morgan fingerprint density at radius 1 is 0.955 bits per heavy atom. The van der Waals surface area contributed by atoms with Crippen LogP contribution in [0.3, 0.4) is 0 Å². The molecule has 0 spiro atoms. The van der Waals surface area contributed by atoms with Crippen LogP contribution in [-0.4, -0.2) is 31.1 Å². The molecule has 1 aromatic carbocycles. The van der Waals surface area contributed by atoms with Crippen molar-refractivity contribution in [1.82, 2.24) is 4.90 Å². The predicted octanol–water partition coefficient (Wildman–Crippen LogP) is 4.38. The van der Waals surface area contributed by atoms with Crippen LogP contribution in [0.2, 0.25) is 5.02 Å². The molecule has 2 fully saturated rings. The van der Waals surface area contributed by atoms with Gasteiger partial charge in [-0.1, -0.05) is 24.1 Å². The standard InChI is InChI=1S/C18H24ClN3/c19-15-8-7-9-16(21-10-3-1-4-11-21)18(15)17(14-20)22-12-5-2-6-13-22/h7-9,17H,1-6,10-13H2. The number of benzene rings is 1.